The third kappa shape index (κ3) is 1.78. The molecular weight excluding hydrogens is 222 g/mol. The molecule has 1 N–H and O–H groups in total. The fourth-order valence-electron chi connectivity index (χ4n) is 2.94. The highest BCUT2D eigenvalue weighted by atomic mass is 35.5. The average Bonchev–Trinajstić information content (AvgIpc) is 2.86. The maximum absolute atomic E-state index is 6.11. The highest BCUT2D eigenvalue weighted by molar-refractivity contribution is 6.33. The van der Waals surface area contributed by atoms with Gasteiger partial charge >= 0.3 is 0 Å². The minimum absolute atomic E-state index is 0.558. The molecule has 0 spiro atoms. The number of fused-ring (bicyclic) bond motifs is 1. The summed E-state index contributed by atoms with van der Waals surface area (Å²) in [6.07, 6.45) is 7.37. The summed E-state index contributed by atoms with van der Waals surface area (Å²) in [5.41, 5.74) is 1.02. The first-order chi connectivity index (χ1) is 7.84. The van der Waals surface area contributed by atoms with Gasteiger partial charge in [0.2, 0.25) is 0 Å². The Balaban J connectivity index is 1.73. The predicted octanol–water partition coefficient (Wildman–Crippen LogP) is 2.38. The molecule has 0 amide bonds. The summed E-state index contributed by atoms with van der Waals surface area (Å²) >= 11 is 6.11. The van der Waals surface area contributed by atoms with Crippen molar-refractivity contribution >= 4 is 17.3 Å². The van der Waals surface area contributed by atoms with E-state index in [0.717, 1.165) is 10.7 Å². The van der Waals surface area contributed by atoms with E-state index in [9.17, 15) is 0 Å². The zero-order chi connectivity index (χ0) is 11.0. The summed E-state index contributed by atoms with van der Waals surface area (Å²) in [6.45, 7) is 2.50. The molecule has 0 aromatic carbocycles. The molecule has 2 atom stereocenters. The van der Waals surface area contributed by atoms with Gasteiger partial charge in [-0.05, 0) is 31.9 Å². The summed E-state index contributed by atoms with van der Waals surface area (Å²) in [4.78, 5) is 6.59. The molecule has 2 fully saturated rings. The van der Waals surface area contributed by atoms with E-state index in [1.165, 1.54) is 32.4 Å². The summed E-state index contributed by atoms with van der Waals surface area (Å²) in [7, 11) is 0. The molecule has 2 saturated heterocycles. The molecule has 3 nitrogen and oxygen atoms in total. The van der Waals surface area contributed by atoms with E-state index in [-0.39, 0.29) is 0 Å². The summed E-state index contributed by atoms with van der Waals surface area (Å²) in [5.74, 6) is 0. The van der Waals surface area contributed by atoms with Gasteiger partial charge in [0.25, 0.3) is 0 Å². The molecule has 0 saturated carbocycles. The van der Waals surface area contributed by atoms with Crippen LogP contribution in [-0.4, -0.2) is 35.1 Å². The van der Waals surface area contributed by atoms with Crippen molar-refractivity contribution < 1.29 is 0 Å². The maximum Gasteiger partial charge on any atom is 0.0820 e. The lowest BCUT2D eigenvalue weighted by atomic mass is 10.1. The number of pyridine rings is 1. The molecule has 2 aliphatic heterocycles. The maximum atomic E-state index is 6.11. The highest BCUT2D eigenvalue weighted by Crippen LogP contribution is 2.31. The standard InChI is InChI=1S/C12H16ClN3/c13-9-8-14-5-3-10(9)15-11-4-7-16-6-1-2-12(11)16/h3,5,8,11-12H,1-2,4,6-7H2,(H,14,15). The second kappa shape index (κ2) is 4.22. The molecule has 1 aromatic rings. The van der Waals surface area contributed by atoms with Gasteiger partial charge in [0.1, 0.15) is 0 Å². The normalized spacial score (nSPS) is 29.3. The van der Waals surface area contributed by atoms with Crippen molar-refractivity contribution in [2.45, 2.75) is 31.3 Å². The van der Waals surface area contributed by atoms with Crippen molar-refractivity contribution in [1.82, 2.24) is 9.88 Å². The van der Waals surface area contributed by atoms with Crippen LogP contribution in [-0.2, 0) is 0 Å². The van der Waals surface area contributed by atoms with Crippen LogP contribution in [0.1, 0.15) is 19.3 Å². The van der Waals surface area contributed by atoms with Crippen LogP contribution in [0.2, 0.25) is 5.02 Å². The number of anilines is 1. The first kappa shape index (κ1) is 10.4. The number of hydrogen-bond donors (Lipinski definition) is 1. The van der Waals surface area contributed by atoms with Gasteiger partial charge in [0, 0.05) is 31.0 Å². The lowest BCUT2D eigenvalue weighted by molar-refractivity contribution is 0.318. The van der Waals surface area contributed by atoms with Crippen molar-refractivity contribution in [3.63, 3.8) is 0 Å². The van der Waals surface area contributed by atoms with Crippen LogP contribution in [0.5, 0.6) is 0 Å². The largest absolute Gasteiger partial charge is 0.379 e. The third-order valence-electron chi connectivity index (χ3n) is 3.72. The molecule has 16 heavy (non-hydrogen) atoms. The molecule has 3 rings (SSSR count). The number of nitrogens with zero attached hydrogens (tertiary/aromatic N) is 2. The number of nitrogens with one attached hydrogen (secondary N) is 1. The molecule has 4 heteroatoms. The Morgan fingerprint density at radius 1 is 1.38 bits per heavy atom. The third-order valence-corrected chi connectivity index (χ3v) is 4.02. The fourth-order valence-corrected chi connectivity index (χ4v) is 3.12. The van der Waals surface area contributed by atoms with E-state index >= 15 is 0 Å². The molecule has 0 radical (unpaired) electrons. The summed E-state index contributed by atoms with van der Waals surface area (Å²) < 4.78 is 0. The molecule has 0 bridgehead atoms. The first-order valence-electron chi connectivity index (χ1n) is 5.95. The van der Waals surface area contributed by atoms with Crippen molar-refractivity contribution in [2.75, 3.05) is 18.4 Å². The van der Waals surface area contributed by atoms with E-state index < -0.39 is 0 Å². The molecule has 3 heterocycles. The highest BCUT2D eigenvalue weighted by Gasteiger charge is 2.37. The van der Waals surface area contributed by atoms with Gasteiger partial charge in [-0.15, -0.1) is 0 Å². The smallest absolute Gasteiger partial charge is 0.0820 e. The predicted molar refractivity (Wildman–Crippen MR) is 65.9 cm³/mol. The van der Waals surface area contributed by atoms with Gasteiger partial charge in [-0.2, -0.15) is 0 Å². The van der Waals surface area contributed by atoms with Crippen LogP contribution in [0.4, 0.5) is 5.69 Å². The first-order valence-corrected chi connectivity index (χ1v) is 6.32. The number of hydrogen-bond acceptors (Lipinski definition) is 3. The van der Waals surface area contributed by atoms with E-state index in [1.807, 2.05) is 6.07 Å². The molecule has 1 aromatic heterocycles. The van der Waals surface area contributed by atoms with E-state index in [2.05, 4.69) is 15.2 Å². The van der Waals surface area contributed by atoms with Crippen molar-refractivity contribution in [3.05, 3.63) is 23.5 Å². The Labute approximate surface area is 101 Å². The van der Waals surface area contributed by atoms with Gasteiger partial charge in [0.15, 0.2) is 0 Å². The van der Waals surface area contributed by atoms with Crippen LogP contribution in [0.25, 0.3) is 0 Å². The summed E-state index contributed by atoms with van der Waals surface area (Å²) in [6, 6.07) is 3.23. The SMILES string of the molecule is Clc1cnccc1NC1CCN2CCCC12. The van der Waals surface area contributed by atoms with E-state index in [0.29, 0.717) is 12.1 Å². The van der Waals surface area contributed by atoms with E-state index in [4.69, 9.17) is 11.6 Å². The molecule has 2 unspecified atom stereocenters. The second-order valence-corrected chi connectivity index (χ2v) is 5.05. The Kier molecular flexibility index (Phi) is 2.74. The van der Waals surface area contributed by atoms with Crippen LogP contribution >= 0.6 is 11.6 Å². The molecular formula is C12H16ClN3. The minimum Gasteiger partial charge on any atom is -0.379 e. The Hall–Kier alpha value is -0.800. The molecule has 2 aliphatic rings. The second-order valence-electron chi connectivity index (χ2n) is 4.64. The Bertz CT molecular complexity index is 382. The monoisotopic (exact) mass is 237 g/mol. The van der Waals surface area contributed by atoms with Gasteiger partial charge in [-0.3, -0.25) is 9.88 Å². The van der Waals surface area contributed by atoms with Gasteiger partial charge in [-0.25, -0.2) is 0 Å². The van der Waals surface area contributed by atoms with Gasteiger partial charge in [0.05, 0.1) is 10.7 Å². The van der Waals surface area contributed by atoms with Gasteiger partial charge in [-0.1, -0.05) is 11.6 Å². The number of halogens is 1. The van der Waals surface area contributed by atoms with Crippen molar-refractivity contribution in [2.24, 2.45) is 0 Å². The van der Waals surface area contributed by atoms with Gasteiger partial charge < -0.3 is 5.32 Å². The Morgan fingerprint density at radius 2 is 2.31 bits per heavy atom. The average molecular weight is 238 g/mol. The minimum atomic E-state index is 0.558. The fraction of sp³-hybridized carbons (Fsp3) is 0.583. The van der Waals surface area contributed by atoms with Crippen molar-refractivity contribution in [1.29, 1.82) is 0 Å². The van der Waals surface area contributed by atoms with Crippen LogP contribution in [0.3, 0.4) is 0 Å². The zero-order valence-electron chi connectivity index (χ0n) is 9.19. The van der Waals surface area contributed by atoms with Crippen LogP contribution in [0, 0.1) is 0 Å². The van der Waals surface area contributed by atoms with Crippen molar-refractivity contribution in [3.8, 4) is 0 Å². The zero-order valence-corrected chi connectivity index (χ0v) is 9.95. The van der Waals surface area contributed by atoms with Crippen LogP contribution < -0.4 is 5.32 Å². The topological polar surface area (TPSA) is 28.2 Å². The van der Waals surface area contributed by atoms with Crippen LogP contribution in [0.15, 0.2) is 18.5 Å². The lowest BCUT2D eigenvalue weighted by Gasteiger charge is -2.22. The number of aromatic nitrogens is 1. The Morgan fingerprint density at radius 3 is 3.19 bits per heavy atom. The lowest BCUT2D eigenvalue weighted by Crippen LogP contribution is -2.33. The molecule has 86 valence electrons. The van der Waals surface area contributed by atoms with E-state index in [1.54, 1.807) is 12.4 Å². The quantitative estimate of drug-likeness (QED) is 0.856. The molecule has 0 aliphatic carbocycles. The number of rotatable bonds is 2. The summed E-state index contributed by atoms with van der Waals surface area (Å²) in [5, 5.41) is 4.29.